The van der Waals surface area contributed by atoms with Crippen LogP contribution in [0.15, 0.2) is 0 Å². The molecular formula is C15H30N2O. The van der Waals surface area contributed by atoms with E-state index in [4.69, 9.17) is 4.74 Å². The average Bonchev–Trinajstić information content (AvgIpc) is 2.85. The molecule has 1 aliphatic carbocycles. The van der Waals surface area contributed by atoms with Gasteiger partial charge in [-0.2, -0.15) is 0 Å². The summed E-state index contributed by atoms with van der Waals surface area (Å²) < 4.78 is 5.78. The summed E-state index contributed by atoms with van der Waals surface area (Å²) >= 11 is 0. The standard InChI is InChI=1S/C15H30N2O/c1-3-9-16-11-13-7-8-15(13)17(4-2)12-14-6-5-10-18-14/h13-16H,3-12H2,1-2H3. The zero-order valence-corrected chi connectivity index (χ0v) is 12.2. The third-order valence-corrected chi connectivity index (χ3v) is 4.55. The fourth-order valence-electron chi connectivity index (χ4n) is 3.28. The van der Waals surface area contributed by atoms with Crippen molar-refractivity contribution in [3.05, 3.63) is 0 Å². The van der Waals surface area contributed by atoms with Crippen LogP contribution in [0.4, 0.5) is 0 Å². The highest BCUT2D eigenvalue weighted by Gasteiger charge is 2.35. The summed E-state index contributed by atoms with van der Waals surface area (Å²) in [7, 11) is 0. The molecule has 3 nitrogen and oxygen atoms in total. The highest BCUT2D eigenvalue weighted by atomic mass is 16.5. The second-order valence-electron chi connectivity index (χ2n) is 5.83. The molecule has 1 saturated carbocycles. The van der Waals surface area contributed by atoms with Crippen molar-refractivity contribution >= 4 is 0 Å². The van der Waals surface area contributed by atoms with Gasteiger partial charge in [0.05, 0.1) is 6.10 Å². The van der Waals surface area contributed by atoms with E-state index in [-0.39, 0.29) is 0 Å². The zero-order valence-electron chi connectivity index (χ0n) is 12.2. The number of likely N-dealkylation sites (N-methyl/N-ethyl adjacent to an activating group) is 1. The second kappa shape index (κ2) is 7.46. The van der Waals surface area contributed by atoms with Crippen LogP contribution in [-0.2, 0) is 4.74 Å². The van der Waals surface area contributed by atoms with Gasteiger partial charge < -0.3 is 10.1 Å². The molecule has 2 rings (SSSR count). The Morgan fingerprint density at radius 3 is 2.67 bits per heavy atom. The molecule has 0 bridgehead atoms. The minimum absolute atomic E-state index is 0.509. The predicted molar refractivity (Wildman–Crippen MR) is 75.9 cm³/mol. The maximum atomic E-state index is 5.78. The fourth-order valence-corrected chi connectivity index (χ4v) is 3.28. The summed E-state index contributed by atoms with van der Waals surface area (Å²) in [5.74, 6) is 0.873. The number of hydrogen-bond donors (Lipinski definition) is 1. The van der Waals surface area contributed by atoms with Crippen LogP contribution in [0.5, 0.6) is 0 Å². The van der Waals surface area contributed by atoms with Crippen molar-refractivity contribution in [3.8, 4) is 0 Å². The third kappa shape index (κ3) is 3.69. The van der Waals surface area contributed by atoms with Crippen LogP contribution in [0.1, 0.15) is 46.0 Å². The van der Waals surface area contributed by atoms with Gasteiger partial charge in [-0.15, -0.1) is 0 Å². The number of ether oxygens (including phenoxy) is 1. The molecule has 0 aromatic rings. The van der Waals surface area contributed by atoms with Crippen molar-refractivity contribution < 1.29 is 4.74 Å². The molecule has 3 atom stereocenters. The quantitative estimate of drug-likeness (QED) is 0.673. The van der Waals surface area contributed by atoms with Gasteiger partial charge in [-0.05, 0) is 57.7 Å². The molecule has 2 fully saturated rings. The Balaban J connectivity index is 1.72. The number of nitrogens with one attached hydrogen (secondary N) is 1. The van der Waals surface area contributed by atoms with E-state index < -0.39 is 0 Å². The van der Waals surface area contributed by atoms with Crippen LogP contribution in [0, 0.1) is 5.92 Å². The molecule has 0 radical (unpaired) electrons. The minimum atomic E-state index is 0.509. The van der Waals surface area contributed by atoms with Crippen LogP contribution in [0.2, 0.25) is 0 Å². The van der Waals surface area contributed by atoms with Crippen LogP contribution in [-0.4, -0.2) is 49.8 Å². The summed E-state index contributed by atoms with van der Waals surface area (Å²) in [6.45, 7) is 10.2. The molecule has 0 spiro atoms. The molecule has 18 heavy (non-hydrogen) atoms. The van der Waals surface area contributed by atoms with E-state index in [1.54, 1.807) is 0 Å². The zero-order chi connectivity index (χ0) is 12.8. The lowest BCUT2D eigenvalue weighted by Crippen LogP contribution is -2.52. The van der Waals surface area contributed by atoms with Crippen molar-refractivity contribution in [2.75, 3.05) is 32.8 Å². The monoisotopic (exact) mass is 254 g/mol. The van der Waals surface area contributed by atoms with E-state index in [1.807, 2.05) is 0 Å². The van der Waals surface area contributed by atoms with Crippen LogP contribution in [0.3, 0.4) is 0 Å². The first-order valence-electron chi connectivity index (χ1n) is 7.91. The highest BCUT2D eigenvalue weighted by Crippen LogP contribution is 2.32. The summed E-state index contributed by atoms with van der Waals surface area (Å²) in [5.41, 5.74) is 0. The lowest BCUT2D eigenvalue weighted by molar-refractivity contribution is 0.0138. The van der Waals surface area contributed by atoms with Crippen molar-refractivity contribution in [2.45, 2.75) is 58.1 Å². The normalized spacial score (nSPS) is 31.8. The van der Waals surface area contributed by atoms with Gasteiger partial charge in [0.25, 0.3) is 0 Å². The van der Waals surface area contributed by atoms with Gasteiger partial charge in [-0.25, -0.2) is 0 Å². The van der Waals surface area contributed by atoms with Crippen molar-refractivity contribution in [3.63, 3.8) is 0 Å². The van der Waals surface area contributed by atoms with Crippen molar-refractivity contribution in [1.82, 2.24) is 10.2 Å². The fraction of sp³-hybridized carbons (Fsp3) is 1.00. The van der Waals surface area contributed by atoms with Gasteiger partial charge >= 0.3 is 0 Å². The topological polar surface area (TPSA) is 24.5 Å². The van der Waals surface area contributed by atoms with E-state index in [1.165, 1.54) is 51.7 Å². The molecular weight excluding hydrogens is 224 g/mol. The molecule has 0 aromatic heterocycles. The first-order valence-corrected chi connectivity index (χ1v) is 7.91. The Labute approximate surface area is 112 Å². The molecule has 106 valence electrons. The summed E-state index contributed by atoms with van der Waals surface area (Å²) in [6, 6.07) is 0.809. The van der Waals surface area contributed by atoms with E-state index in [0.717, 1.165) is 25.1 Å². The largest absolute Gasteiger partial charge is 0.377 e. The van der Waals surface area contributed by atoms with Gasteiger partial charge in [-0.3, -0.25) is 4.90 Å². The molecule has 3 unspecified atom stereocenters. The molecule has 2 aliphatic rings. The summed E-state index contributed by atoms with van der Waals surface area (Å²) in [4.78, 5) is 2.66. The molecule has 1 aliphatic heterocycles. The first-order chi connectivity index (χ1) is 8.85. The maximum Gasteiger partial charge on any atom is 0.0702 e. The van der Waals surface area contributed by atoms with E-state index in [9.17, 15) is 0 Å². The van der Waals surface area contributed by atoms with Gasteiger partial charge in [0, 0.05) is 19.2 Å². The molecule has 1 saturated heterocycles. The second-order valence-corrected chi connectivity index (χ2v) is 5.83. The minimum Gasteiger partial charge on any atom is -0.377 e. The summed E-state index contributed by atoms with van der Waals surface area (Å²) in [5, 5.41) is 3.58. The Kier molecular flexibility index (Phi) is 5.93. The van der Waals surface area contributed by atoms with Crippen LogP contribution in [0.25, 0.3) is 0 Å². The van der Waals surface area contributed by atoms with Crippen LogP contribution < -0.4 is 5.32 Å². The molecule has 0 aromatic carbocycles. The smallest absolute Gasteiger partial charge is 0.0702 e. The Bertz CT molecular complexity index is 229. The van der Waals surface area contributed by atoms with Gasteiger partial charge in [-0.1, -0.05) is 13.8 Å². The SMILES string of the molecule is CCCNCC1CCC1N(CC)CC1CCCO1. The first kappa shape index (κ1) is 14.3. The maximum absolute atomic E-state index is 5.78. The lowest BCUT2D eigenvalue weighted by atomic mass is 9.78. The Hall–Kier alpha value is -0.120. The Morgan fingerprint density at radius 2 is 2.11 bits per heavy atom. The third-order valence-electron chi connectivity index (χ3n) is 4.55. The summed E-state index contributed by atoms with van der Waals surface area (Å²) in [6.07, 6.45) is 7.07. The Morgan fingerprint density at radius 1 is 1.22 bits per heavy atom. The van der Waals surface area contributed by atoms with Crippen LogP contribution >= 0.6 is 0 Å². The van der Waals surface area contributed by atoms with Gasteiger partial charge in [0.1, 0.15) is 0 Å². The van der Waals surface area contributed by atoms with Gasteiger partial charge in [0.2, 0.25) is 0 Å². The van der Waals surface area contributed by atoms with E-state index in [2.05, 4.69) is 24.1 Å². The molecule has 0 amide bonds. The van der Waals surface area contributed by atoms with Crippen molar-refractivity contribution in [2.24, 2.45) is 5.92 Å². The number of nitrogens with zero attached hydrogens (tertiary/aromatic N) is 1. The number of hydrogen-bond acceptors (Lipinski definition) is 3. The average molecular weight is 254 g/mol. The molecule has 1 N–H and O–H groups in total. The van der Waals surface area contributed by atoms with E-state index >= 15 is 0 Å². The predicted octanol–water partition coefficient (Wildman–Crippen LogP) is 2.27. The highest BCUT2D eigenvalue weighted by molar-refractivity contribution is 4.90. The van der Waals surface area contributed by atoms with E-state index in [0.29, 0.717) is 6.10 Å². The van der Waals surface area contributed by atoms with Crippen molar-refractivity contribution in [1.29, 1.82) is 0 Å². The van der Waals surface area contributed by atoms with Gasteiger partial charge in [0.15, 0.2) is 0 Å². The lowest BCUT2D eigenvalue weighted by Gasteiger charge is -2.45. The number of rotatable bonds is 8. The molecule has 3 heteroatoms. The molecule has 1 heterocycles.